The van der Waals surface area contributed by atoms with Gasteiger partial charge in [-0.1, -0.05) is 25.7 Å². The molecule has 21 heavy (non-hydrogen) atoms. The van der Waals surface area contributed by atoms with Crippen molar-refractivity contribution in [2.45, 2.75) is 63.8 Å². The van der Waals surface area contributed by atoms with Crippen LogP contribution in [0.15, 0.2) is 4.99 Å². The van der Waals surface area contributed by atoms with Crippen LogP contribution in [-0.4, -0.2) is 38.5 Å². The Balaban J connectivity index is 1.66. The normalized spacial score (nSPS) is 25.4. The molecular formula is C15H29N3O2S. The molecule has 0 aromatic carbocycles. The van der Waals surface area contributed by atoms with E-state index in [2.05, 4.69) is 10.3 Å². The lowest BCUT2D eigenvalue weighted by Gasteiger charge is -2.21. The lowest BCUT2D eigenvalue weighted by atomic mass is 9.99. The van der Waals surface area contributed by atoms with E-state index in [-0.39, 0.29) is 0 Å². The van der Waals surface area contributed by atoms with Gasteiger partial charge < -0.3 is 11.1 Å². The molecule has 0 atom stereocenters. The Morgan fingerprint density at radius 1 is 1.05 bits per heavy atom. The zero-order chi connectivity index (χ0) is 15.1. The van der Waals surface area contributed by atoms with Gasteiger partial charge in [0.2, 0.25) is 0 Å². The van der Waals surface area contributed by atoms with Gasteiger partial charge in [0.15, 0.2) is 5.96 Å². The largest absolute Gasteiger partial charge is 0.370 e. The molecule has 1 heterocycles. The number of nitrogens with one attached hydrogen (secondary N) is 1. The first-order chi connectivity index (χ1) is 10.1. The van der Waals surface area contributed by atoms with Crippen LogP contribution in [0.4, 0.5) is 0 Å². The summed E-state index contributed by atoms with van der Waals surface area (Å²) in [5, 5.41) is 3.34. The molecule has 5 nitrogen and oxygen atoms in total. The Labute approximate surface area is 128 Å². The number of guanidine groups is 1. The van der Waals surface area contributed by atoms with Crippen LogP contribution in [0.25, 0.3) is 0 Å². The predicted octanol–water partition coefficient (Wildman–Crippen LogP) is 1.83. The highest BCUT2D eigenvalue weighted by Crippen LogP contribution is 2.21. The highest BCUT2D eigenvalue weighted by Gasteiger charge is 2.23. The van der Waals surface area contributed by atoms with Gasteiger partial charge in [-0.2, -0.15) is 0 Å². The third kappa shape index (κ3) is 6.24. The van der Waals surface area contributed by atoms with Gasteiger partial charge in [0.05, 0.1) is 11.5 Å². The van der Waals surface area contributed by atoms with E-state index in [0.717, 1.165) is 19.3 Å². The maximum atomic E-state index is 11.4. The van der Waals surface area contributed by atoms with Gasteiger partial charge in [0.1, 0.15) is 9.84 Å². The Bertz CT molecular complexity index is 426. The molecule has 3 N–H and O–H groups in total. The van der Waals surface area contributed by atoms with Gasteiger partial charge >= 0.3 is 0 Å². The lowest BCUT2D eigenvalue weighted by molar-refractivity contribution is 0.441. The number of hydrogen-bond acceptors (Lipinski definition) is 3. The van der Waals surface area contributed by atoms with Crippen molar-refractivity contribution in [2.75, 3.05) is 18.1 Å². The molecule has 2 aliphatic rings. The number of hydrogen-bond donors (Lipinski definition) is 2. The second-order valence-electron chi connectivity index (χ2n) is 6.48. The number of sulfone groups is 1. The molecule has 6 heteroatoms. The van der Waals surface area contributed by atoms with Crippen molar-refractivity contribution >= 4 is 15.8 Å². The van der Waals surface area contributed by atoms with Gasteiger partial charge in [-0.3, -0.25) is 4.99 Å². The second-order valence-corrected chi connectivity index (χ2v) is 8.79. The number of nitrogens with zero attached hydrogens (tertiary/aromatic N) is 1. The third-order valence-electron chi connectivity index (χ3n) is 4.70. The summed E-state index contributed by atoms with van der Waals surface area (Å²) in [6.07, 6.45) is 10.1. The van der Waals surface area contributed by atoms with Crippen molar-refractivity contribution in [1.29, 1.82) is 0 Å². The number of rotatable bonds is 4. The SMILES string of the molecule is NC(=NCCC1CCS(=O)(=O)CC1)NC1CCCCCC1. The number of nitrogens with two attached hydrogens (primary N) is 1. The van der Waals surface area contributed by atoms with Crippen molar-refractivity contribution in [1.82, 2.24) is 5.32 Å². The Kier molecular flexibility index (Phi) is 6.33. The van der Waals surface area contributed by atoms with Crippen molar-refractivity contribution in [2.24, 2.45) is 16.6 Å². The van der Waals surface area contributed by atoms with E-state index in [4.69, 9.17) is 5.73 Å². The molecule has 0 aromatic heterocycles. The van der Waals surface area contributed by atoms with E-state index in [1.54, 1.807) is 0 Å². The maximum Gasteiger partial charge on any atom is 0.188 e. The molecule has 1 saturated carbocycles. The first kappa shape index (κ1) is 16.6. The molecule has 2 rings (SSSR count). The molecule has 0 amide bonds. The van der Waals surface area contributed by atoms with Crippen LogP contribution >= 0.6 is 0 Å². The smallest absolute Gasteiger partial charge is 0.188 e. The monoisotopic (exact) mass is 315 g/mol. The van der Waals surface area contributed by atoms with E-state index in [0.29, 0.717) is 36.0 Å². The fourth-order valence-corrected chi connectivity index (χ4v) is 4.86. The summed E-state index contributed by atoms with van der Waals surface area (Å²) < 4.78 is 22.7. The summed E-state index contributed by atoms with van der Waals surface area (Å²) in [5.41, 5.74) is 5.96. The van der Waals surface area contributed by atoms with Gasteiger partial charge in [-0.15, -0.1) is 0 Å². The molecule has 0 aromatic rings. The predicted molar refractivity (Wildman–Crippen MR) is 87.1 cm³/mol. The minimum atomic E-state index is -2.75. The summed E-state index contributed by atoms with van der Waals surface area (Å²) in [6.45, 7) is 0.705. The van der Waals surface area contributed by atoms with Gasteiger partial charge in [0, 0.05) is 12.6 Å². The molecule has 122 valence electrons. The number of aliphatic imine (C=N–C) groups is 1. The standard InChI is InChI=1S/C15H29N3O2S/c16-15(18-14-5-3-1-2-4-6-14)17-10-7-13-8-11-21(19,20)12-9-13/h13-14H,1-12H2,(H3,16,17,18). The Morgan fingerprint density at radius 2 is 1.67 bits per heavy atom. The van der Waals surface area contributed by atoms with Gasteiger partial charge in [0.25, 0.3) is 0 Å². The average molecular weight is 315 g/mol. The van der Waals surface area contributed by atoms with Crippen LogP contribution in [-0.2, 0) is 9.84 Å². The van der Waals surface area contributed by atoms with Crippen LogP contribution in [0, 0.1) is 5.92 Å². The average Bonchev–Trinajstić information content (AvgIpc) is 2.69. The molecular weight excluding hydrogens is 286 g/mol. The first-order valence-corrected chi connectivity index (χ1v) is 10.1. The molecule has 2 fully saturated rings. The Morgan fingerprint density at radius 3 is 2.29 bits per heavy atom. The quantitative estimate of drug-likeness (QED) is 0.471. The zero-order valence-electron chi connectivity index (χ0n) is 12.9. The molecule has 1 aliphatic carbocycles. The molecule has 0 bridgehead atoms. The first-order valence-electron chi connectivity index (χ1n) is 8.32. The molecule has 0 spiro atoms. The van der Waals surface area contributed by atoms with Crippen LogP contribution in [0.1, 0.15) is 57.8 Å². The second kappa shape index (κ2) is 8.01. The topological polar surface area (TPSA) is 84.5 Å². The van der Waals surface area contributed by atoms with Crippen molar-refractivity contribution in [3.8, 4) is 0 Å². The van der Waals surface area contributed by atoms with E-state index >= 15 is 0 Å². The summed E-state index contributed by atoms with van der Waals surface area (Å²) in [7, 11) is -2.75. The summed E-state index contributed by atoms with van der Waals surface area (Å²) >= 11 is 0. The van der Waals surface area contributed by atoms with Crippen LogP contribution in [0.2, 0.25) is 0 Å². The zero-order valence-corrected chi connectivity index (χ0v) is 13.7. The molecule has 0 unspecified atom stereocenters. The van der Waals surface area contributed by atoms with E-state index < -0.39 is 9.84 Å². The molecule has 0 radical (unpaired) electrons. The van der Waals surface area contributed by atoms with Crippen molar-refractivity contribution in [3.05, 3.63) is 0 Å². The highest BCUT2D eigenvalue weighted by atomic mass is 32.2. The van der Waals surface area contributed by atoms with E-state index in [1.807, 2.05) is 0 Å². The lowest BCUT2D eigenvalue weighted by Crippen LogP contribution is -2.40. The highest BCUT2D eigenvalue weighted by molar-refractivity contribution is 7.91. The minimum absolute atomic E-state index is 0.344. The summed E-state index contributed by atoms with van der Waals surface area (Å²) in [4.78, 5) is 4.41. The van der Waals surface area contributed by atoms with Crippen LogP contribution in [0.3, 0.4) is 0 Å². The molecule has 1 saturated heterocycles. The van der Waals surface area contributed by atoms with Crippen molar-refractivity contribution < 1.29 is 8.42 Å². The van der Waals surface area contributed by atoms with Crippen molar-refractivity contribution in [3.63, 3.8) is 0 Å². The van der Waals surface area contributed by atoms with Gasteiger partial charge in [-0.25, -0.2) is 8.42 Å². The van der Waals surface area contributed by atoms with Gasteiger partial charge in [-0.05, 0) is 38.0 Å². The molecule has 1 aliphatic heterocycles. The fraction of sp³-hybridized carbons (Fsp3) is 0.933. The summed E-state index contributed by atoms with van der Waals surface area (Å²) in [6, 6.07) is 0.482. The van der Waals surface area contributed by atoms with Crippen LogP contribution in [0.5, 0.6) is 0 Å². The fourth-order valence-electron chi connectivity index (χ4n) is 3.27. The van der Waals surface area contributed by atoms with E-state index in [1.165, 1.54) is 38.5 Å². The Hall–Kier alpha value is -0.780. The van der Waals surface area contributed by atoms with E-state index in [9.17, 15) is 8.42 Å². The van der Waals surface area contributed by atoms with Crippen LogP contribution < -0.4 is 11.1 Å². The minimum Gasteiger partial charge on any atom is -0.370 e. The summed E-state index contributed by atoms with van der Waals surface area (Å²) in [5.74, 6) is 1.74. The maximum absolute atomic E-state index is 11.4. The third-order valence-corrected chi connectivity index (χ3v) is 6.42.